The lowest BCUT2D eigenvalue weighted by Crippen LogP contribution is -2.14. The van der Waals surface area contributed by atoms with Crippen LogP contribution in [-0.4, -0.2) is 33.5 Å². The Bertz CT molecular complexity index is 1240. The number of hydrogen-bond acceptors (Lipinski definition) is 5. The number of methoxy groups -OCH3 is 1. The number of amides is 1. The standard InChI is InChI=1S/C24H21ClN4O2S/c1-16-5-3-7-20(13-16)29-23(17-9-11-18(25)12-10-17)27-28-24(29)32-15-22(30)26-19-6-4-8-21(14-19)31-2/h3-14H,15H2,1-2H3,(H,26,30). The highest BCUT2D eigenvalue weighted by atomic mass is 35.5. The highest BCUT2D eigenvalue weighted by molar-refractivity contribution is 7.99. The van der Waals surface area contributed by atoms with E-state index in [2.05, 4.69) is 21.6 Å². The maximum atomic E-state index is 12.6. The monoisotopic (exact) mass is 464 g/mol. The van der Waals surface area contributed by atoms with Gasteiger partial charge in [-0.15, -0.1) is 10.2 Å². The van der Waals surface area contributed by atoms with Crippen LogP contribution in [0.1, 0.15) is 5.56 Å². The first kappa shape index (κ1) is 21.9. The van der Waals surface area contributed by atoms with E-state index in [1.54, 1.807) is 13.2 Å². The first-order valence-electron chi connectivity index (χ1n) is 9.88. The van der Waals surface area contributed by atoms with Gasteiger partial charge in [0.2, 0.25) is 5.91 Å². The molecule has 32 heavy (non-hydrogen) atoms. The number of nitrogens with zero attached hydrogens (tertiary/aromatic N) is 3. The molecule has 1 N–H and O–H groups in total. The van der Waals surface area contributed by atoms with Gasteiger partial charge in [0, 0.05) is 28.0 Å². The summed E-state index contributed by atoms with van der Waals surface area (Å²) in [5.41, 5.74) is 3.61. The van der Waals surface area contributed by atoms with E-state index in [1.807, 2.05) is 72.2 Å². The molecule has 6 nitrogen and oxygen atoms in total. The van der Waals surface area contributed by atoms with Crippen molar-refractivity contribution in [2.75, 3.05) is 18.2 Å². The molecule has 0 saturated carbocycles. The molecule has 162 valence electrons. The number of hydrogen-bond donors (Lipinski definition) is 1. The quantitative estimate of drug-likeness (QED) is 0.359. The number of aryl methyl sites for hydroxylation is 1. The minimum Gasteiger partial charge on any atom is -0.497 e. The van der Waals surface area contributed by atoms with Gasteiger partial charge in [0.25, 0.3) is 0 Å². The van der Waals surface area contributed by atoms with Crippen molar-refractivity contribution < 1.29 is 9.53 Å². The van der Waals surface area contributed by atoms with Crippen LogP contribution in [0.4, 0.5) is 5.69 Å². The maximum Gasteiger partial charge on any atom is 0.234 e. The Morgan fingerprint density at radius 1 is 1.06 bits per heavy atom. The van der Waals surface area contributed by atoms with Crippen molar-refractivity contribution in [1.29, 1.82) is 0 Å². The molecule has 1 aromatic heterocycles. The fourth-order valence-electron chi connectivity index (χ4n) is 3.18. The second-order valence-electron chi connectivity index (χ2n) is 7.06. The second-order valence-corrected chi connectivity index (χ2v) is 8.44. The van der Waals surface area contributed by atoms with E-state index in [1.165, 1.54) is 11.8 Å². The Morgan fingerprint density at radius 2 is 1.84 bits per heavy atom. The molecule has 1 heterocycles. The summed E-state index contributed by atoms with van der Waals surface area (Å²) in [5, 5.41) is 12.9. The SMILES string of the molecule is COc1cccc(NC(=O)CSc2nnc(-c3ccc(Cl)cc3)n2-c2cccc(C)c2)c1. The molecule has 0 aliphatic carbocycles. The number of carbonyl (C=O) groups excluding carboxylic acids is 1. The summed E-state index contributed by atoms with van der Waals surface area (Å²) < 4.78 is 7.16. The van der Waals surface area contributed by atoms with Gasteiger partial charge in [0.05, 0.1) is 12.9 Å². The third-order valence-electron chi connectivity index (χ3n) is 4.68. The van der Waals surface area contributed by atoms with Crippen molar-refractivity contribution in [3.63, 3.8) is 0 Å². The zero-order valence-electron chi connectivity index (χ0n) is 17.6. The van der Waals surface area contributed by atoms with E-state index >= 15 is 0 Å². The van der Waals surface area contributed by atoms with Gasteiger partial charge in [0.15, 0.2) is 11.0 Å². The molecule has 0 radical (unpaired) electrons. The van der Waals surface area contributed by atoms with Crippen LogP contribution in [0.25, 0.3) is 17.1 Å². The Balaban J connectivity index is 1.59. The minimum absolute atomic E-state index is 0.143. The average Bonchev–Trinajstić information content (AvgIpc) is 3.22. The van der Waals surface area contributed by atoms with Crippen molar-refractivity contribution in [2.24, 2.45) is 0 Å². The van der Waals surface area contributed by atoms with Gasteiger partial charge >= 0.3 is 0 Å². The molecule has 0 spiro atoms. The number of aromatic nitrogens is 3. The number of thioether (sulfide) groups is 1. The summed E-state index contributed by atoms with van der Waals surface area (Å²) in [6, 6.07) is 22.8. The van der Waals surface area contributed by atoms with E-state index in [9.17, 15) is 4.79 Å². The van der Waals surface area contributed by atoms with Crippen LogP contribution in [0, 0.1) is 6.92 Å². The lowest BCUT2D eigenvalue weighted by atomic mass is 10.2. The van der Waals surface area contributed by atoms with Gasteiger partial charge in [-0.25, -0.2) is 0 Å². The highest BCUT2D eigenvalue weighted by Gasteiger charge is 2.17. The van der Waals surface area contributed by atoms with Crippen molar-refractivity contribution >= 4 is 35.0 Å². The topological polar surface area (TPSA) is 69.0 Å². The van der Waals surface area contributed by atoms with E-state index in [0.717, 1.165) is 16.8 Å². The first-order valence-corrected chi connectivity index (χ1v) is 11.2. The zero-order valence-corrected chi connectivity index (χ0v) is 19.2. The van der Waals surface area contributed by atoms with Gasteiger partial charge < -0.3 is 10.1 Å². The predicted molar refractivity (Wildman–Crippen MR) is 129 cm³/mol. The van der Waals surface area contributed by atoms with Crippen LogP contribution in [0.3, 0.4) is 0 Å². The predicted octanol–water partition coefficient (Wildman–Crippen LogP) is 5.64. The minimum atomic E-state index is -0.143. The summed E-state index contributed by atoms with van der Waals surface area (Å²) in [5.74, 6) is 1.40. The van der Waals surface area contributed by atoms with Gasteiger partial charge in [0.1, 0.15) is 5.75 Å². The summed E-state index contributed by atoms with van der Waals surface area (Å²) in [6.45, 7) is 2.03. The van der Waals surface area contributed by atoms with Gasteiger partial charge in [-0.1, -0.05) is 41.6 Å². The summed E-state index contributed by atoms with van der Waals surface area (Å²) >= 11 is 7.38. The molecule has 0 aliphatic heterocycles. The molecule has 4 aromatic rings. The van der Waals surface area contributed by atoms with Crippen molar-refractivity contribution in [1.82, 2.24) is 14.8 Å². The molecule has 0 saturated heterocycles. The lowest BCUT2D eigenvalue weighted by molar-refractivity contribution is -0.113. The molecule has 4 rings (SSSR count). The van der Waals surface area contributed by atoms with E-state index in [4.69, 9.17) is 16.3 Å². The molecule has 8 heteroatoms. The Hall–Kier alpha value is -3.29. The van der Waals surface area contributed by atoms with E-state index < -0.39 is 0 Å². The van der Waals surface area contributed by atoms with Gasteiger partial charge in [-0.3, -0.25) is 9.36 Å². The summed E-state index contributed by atoms with van der Waals surface area (Å²) in [4.78, 5) is 12.6. The van der Waals surface area contributed by atoms with Crippen LogP contribution in [0.5, 0.6) is 5.75 Å². The molecule has 1 amide bonds. The Morgan fingerprint density at radius 3 is 2.59 bits per heavy atom. The first-order chi connectivity index (χ1) is 15.5. The normalized spacial score (nSPS) is 10.7. The Labute approximate surface area is 195 Å². The molecule has 0 aliphatic rings. The zero-order chi connectivity index (χ0) is 22.5. The van der Waals surface area contributed by atoms with Crippen molar-refractivity contribution in [2.45, 2.75) is 12.1 Å². The third kappa shape index (κ3) is 5.12. The number of ether oxygens (including phenoxy) is 1. The van der Waals surface area contributed by atoms with Crippen LogP contribution in [0.15, 0.2) is 78.0 Å². The molecule has 3 aromatic carbocycles. The fourth-order valence-corrected chi connectivity index (χ4v) is 4.06. The number of nitrogens with one attached hydrogen (secondary N) is 1. The lowest BCUT2D eigenvalue weighted by Gasteiger charge is -2.11. The van der Waals surface area contributed by atoms with Crippen LogP contribution in [-0.2, 0) is 4.79 Å². The van der Waals surface area contributed by atoms with E-state index in [-0.39, 0.29) is 11.7 Å². The van der Waals surface area contributed by atoms with Gasteiger partial charge in [-0.2, -0.15) is 0 Å². The highest BCUT2D eigenvalue weighted by Crippen LogP contribution is 2.29. The molecule has 0 atom stereocenters. The number of benzene rings is 3. The molecule has 0 unspecified atom stereocenters. The molecule has 0 fully saturated rings. The molecule has 0 bridgehead atoms. The van der Waals surface area contributed by atoms with Gasteiger partial charge in [-0.05, 0) is 61.0 Å². The number of carbonyl (C=O) groups is 1. The van der Waals surface area contributed by atoms with Crippen LogP contribution >= 0.6 is 23.4 Å². The van der Waals surface area contributed by atoms with Crippen molar-refractivity contribution in [3.8, 4) is 22.8 Å². The fraction of sp³-hybridized carbons (Fsp3) is 0.125. The average molecular weight is 465 g/mol. The second kappa shape index (κ2) is 9.89. The number of halogens is 1. The molecular formula is C24H21ClN4O2S. The Kier molecular flexibility index (Phi) is 6.78. The summed E-state index contributed by atoms with van der Waals surface area (Å²) in [7, 11) is 1.59. The molecular weight excluding hydrogens is 444 g/mol. The maximum absolute atomic E-state index is 12.6. The third-order valence-corrected chi connectivity index (χ3v) is 5.86. The largest absolute Gasteiger partial charge is 0.497 e. The smallest absolute Gasteiger partial charge is 0.234 e. The number of rotatable bonds is 7. The summed E-state index contributed by atoms with van der Waals surface area (Å²) in [6.07, 6.45) is 0. The van der Waals surface area contributed by atoms with Crippen LogP contribution in [0.2, 0.25) is 5.02 Å². The van der Waals surface area contributed by atoms with E-state index in [0.29, 0.717) is 27.4 Å². The van der Waals surface area contributed by atoms with Crippen LogP contribution < -0.4 is 10.1 Å². The van der Waals surface area contributed by atoms with Crippen molar-refractivity contribution in [3.05, 3.63) is 83.4 Å². The number of anilines is 1.